The molecule has 0 spiro atoms. The molecule has 5 heteroatoms. The average Bonchev–Trinajstić information content (AvgIpc) is 2.14. The fourth-order valence-corrected chi connectivity index (χ4v) is 1.72. The Morgan fingerprint density at radius 2 is 2.20 bits per heavy atom. The highest BCUT2D eigenvalue weighted by Crippen LogP contribution is 2.29. The Kier molecular flexibility index (Phi) is 3.96. The standard InChI is InChI=1S/C10H7Cl2NO2/c11-7-1-2-8(9(12)4-7)6(5-13)3-10(14)15/h1-2,4,6H,3H2,(H,14,15). The number of benzene rings is 1. The molecule has 1 aromatic carbocycles. The van der Waals surface area contributed by atoms with Crippen LogP contribution in [0.3, 0.4) is 0 Å². The van der Waals surface area contributed by atoms with Crippen molar-refractivity contribution in [3.8, 4) is 6.07 Å². The third-order valence-electron chi connectivity index (χ3n) is 1.87. The zero-order valence-corrected chi connectivity index (χ0v) is 9.09. The van der Waals surface area contributed by atoms with Crippen LogP contribution >= 0.6 is 23.2 Å². The first kappa shape index (κ1) is 11.8. The van der Waals surface area contributed by atoms with Crippen LogP contribution < -0.4 is 0 Å². The number of halogens is 2. The minimum Gasteiger partial charge on any atom is -0.481 e. The fourth-order valence-electron chi connectivity index (χ4n) is 1.18. The van der Waals surface area contributed by atoms with Gasteiger partial charge in [-0.3, -0.25) is 4.79 Å². The monoisotopic (exact) mass is 243 g/mol. The lowest BCUT2D eigenvalue weighted by Gasteiger charge is -2.08. The molecule has 1 unspecified atom stereocenters. The highest BCUT2D eigenvalue weighted by atomic mass is 35.5. The summed E-state index contributed by atoms with van der Waals surface area (Å²) in [7, 11) is 0. The van der Waals surface area contributed by atoms with E-state index in [2.05, 4.69) is 0 Å². The molecular formula is C10H7Cl2NO2. The molecule has 3 nitrogen and oxygen atoms in total. The second-order valence-electron chi connectivity index (χ2n) is 2.95. The van der Waals surface area contributed by atoms with Crippen LogP contribution in [0.4, 0.5) is 0 Å². The summed E-state index contributed by atoms with van der Waals surface area (Å²) < 4.78 is 0. The number of nitriles is 1. The van der Waals surface area contributed by atoms with Crippen molar-refractivity contribution < 1.29 is 9.90 Å². The molecule has 1 aromatic rings. The second-order valence-corrected chi connectivity index (χ2v) is 3.79. The molecule has 0 saturated heterocycles. The number of nitrogens with zero attached hydrogens (tertiary/aromatic N) is 1. The SMILES string of the molecule is N#CC(CC(=O)O)c1ccc(Cl)cc1Cl. The summed E-state index contributed by atoms with van der Waals surface area (Å²) >= 11 is 11.5. The molecule has 0 aliphatic heterocycles. The van der Waals surface area contributed by atoms with Crippen LogP contribution in [0.15, 0.2) is 18.2 Å². The van der Waals surface area contributed by atoms with Crippen molar-refractivity contribution in [1.82, 2.24) is 0 Å². The molecule has 78 valence electrons. The maximum atomic E-state index is 10.5. The number of rotatable bonds is 3. The molecule has 15 heavy (non-hydrogen) atoms. The van der Waals surface area contributed by atoms with E-state index in [1.165, 1.54) is 6.07 Å². The van der Waals surface area contributed by atoms with Crippen LogP contribution in [0.2, 0.25) is 10.0 Å². The number of hydrogen-bond donors (Lipinski definition) is 1. The Morgan fingerprint density at radius 3 is 2.67 bits per heavy atom. The zero-order valence-electron chi connectivity index (χ0n) is 7.58. The van der Waals surface area contributed by atoms with E-state index in [-0.39, 0.29) is 6.42 Å². The van der Waals surface area contributed by atoms with Crippen molar-refractivity contribution in [3.63, 3.8) is 0 Å². The summed E-state index contributed by atoms with van der Waals surface area (Å²) in [6.07, 6.45) is -0.266. The normalized spacial score (nSPS) is 11.8. The molecule has 1 atom stereocenters. The quantitative estimate of drug-likeness (QED) is 0.888. The molecule has 0 saturated carbocycles. The number of carbonyl (C=O) groups is 1. The molecule has 0 fully saturated rings. The molecule has 0 radical (unpaired) electrons. The van der Waals surface area contributed by atoms with Gasteiger partial charge in [0.05, 0.1) is 18.4 Å². The Hall–Kier alpha value is -1.24. The van der Waals surface area contributed by atoms with Gasteiger partial charge in [-0.05, 0) is 17.7 Å². The predicted molar refractivity (Wildman–Crippen MR) is 57.1 cm³/mol. The van der Waals surface area contributed by atoms with Gasteiger partial charge in [0.15, 0.2) is 0 Å². The Balaban J connectivity index is 3.03. The van der Waals surface area contributed by atoms with E-state index < -0.39 is 11.9 Å². The van der Waals surface area contributed by atoms with Crippen LogP contribution in [-0.4, -0.2) is 11.1 Å². The van der Waals surface area contributed by atoms with Gasteiger partial charge < -0.3 is 5.11 Å². The predicted octanol–water partition coefficient (Wildman–Crippen LogP) is 3.08. The lowest BCUT2D eigenvalue weighted by atomic mass is 9.97. The average molecular weight is 244 g/mol. The van der Waals surface area contributed by atoms with Gasteiger partial charge in [0.2, 0.25) is 0 Å². The van der Waals surface area contributed by atoms with Gasteiger partial charge in [-0.25, -0.2) is 0 Å². The van der Waals surface area contributed by atoms with Crippen LogP contribution in [0.25, 0.3) is 0 Å². The third-order valence-corrected chi connectivity index (χ3v) is 2.43. The van der Waals surface area contributed by atoms with Crippen molar-refractivity contribution in [2.75, 3.05) is 0 Å². The molecule has 0 heterocycles. The highest BCUT2D eigenvalue weighted by Gasteiger charge is 2.17. The Labute approximate surface area is 96.8 Å². The van der Waals surface area contributed by atoms with Gasteiger partial charge in [0.25, 0.3) is 0 Å². The van der Waals surface area contributed by atoms with Crippen LogP contribution in [0, 0.1) is 11.3 Å². The maximum absolute atomic E-state index is 10.5. The first-order chi connectivity index (χ1) is 7.04. The molecule has 0 aliphatic rings. The molecule has 0 amide bonds. The lowest BCUT2D eigenvalue weighted by Crippen LogP contribution is -2.04. The van der Waals surface area contributed by atoms with Crippen molar-refractivity contribution in [2.24, 2.45) is 0 Å². The second kappa shape index (κ2) is 5.01. The van der Waals surface area contributed by atoms with Crippen molar-refractivity contribution >= 4 is 29.2 Å². The first-order valence-corrected chi connectivity index (χ1v) is 4.86. The summed E-state index contributed by atoms with van der Waals surface area (Å²) in [6.45, 7) is 0. The largest absolute Gasteiger partial charge is 0.481 e. The summed E-state index contributed by atoms with van der Waals surface area (Å²) in [5, 5.41) is 18.2. The van der Waals surface area contributed by atoms with Crippen LogP contribution in [-0.2, 0) is 4.79 Å². The molecule has 1 rings (SSSR count). The number of carboxylic acids is 1. The minimum atomic E-state index is -1.03. The first-order valence-electron chi connectivity index (χ1n) is 4.11. The van der Waals surface area contributed by atoms with Crippen molar-refractivity contribution in [2.45, 2.75) is 12.3 Å². The molecule has 0 aromatic heterocycles. The van der Waals surface area contributed by atoms with Crippen molar-refractivity contribution in [3.05, 3.63) is 33.8 Å². The highest BCUT2D eigenvalue weighted by molar-refractivity contribution is 6.35. The number of carboxylic acid groups (broad SMARTS) is 1. The van der Waals surface area contributed by atoms with E-state index in [1.54, 1.807) is 12.1 Å². The van der Waals surface area contributed by atoms with E-state index in [0.717, 1.165) is 0 Å². The van der Waals surface area contributed by atoms with Gasteiger partial charge in [0, 0.05) is 10.0 Å². The van der Waals surface area contributed by atoms with E-state index >= 15 is 0 Å². The van der Waals surface area contributed by atoms with E-state index in [1.807, 2.05) is 6.07 Å². The zero-order chi connectivity index (χ0) is 11.4. The Morgan fingerprint density at radius 1 is 1.53 bits per heavy atom. The van der Waals surface area contributed by atoms with Gasteiger partial charge >= 0.3 is 5.97 Å². The molecular weight excluding hydrogens is 237 g/mol. The summed E-state index contributed by atoms with van der Waals surface area (Å²) in [6, 6.07) is 6.54. The topological polar surface area (TPSA) is 61.1 Å². The van der Waals surface area contributed by atoms with Gasteiger partial charge in [0.1, 0.15) is 0 Å². The van der Waals surface area contributed by atoms with Gasteiger partial charge in [-0.1, -0.05) is 29.3 Å². The molecule has 1 N–H and O–H groups in total. The number of aliphatic carboxylic acids is 1. The van der Waals surface area contributed by atoms with E-state index in [4.69, 9.17) is 33.6 Å². The smallest absolute Gasteiger partial charge is 0.305 e. The summed E-state index contributed by atoms with van der Waals surface area (Å²) in [5.41, 5.74) is 0.492. The fraction of sp³-hybridized carbons (Fsp3) is 0.200. The van der Waals surface area contributed by atoms with Crippen molar-refractivity contribution in [1.29, 1.82) is 5.26 Å². The van der Waals surface area contributed by atoms with Gasteiger partial charge in [-0.2, -0.15) is 5.26 Å². The third kappa shape index (κ3) is 3.12. The van der Waals surface area contributed by atoms with Crippen LogP contribution in [0.1, 0.15) is 17.9 Å². The maximum Gasteiger partial charge on any atom is 0.305 e. The number of hydrogen-bond acceptors (Lipinski definition) is 2. The van der Waals surface area contributed by atoms with E-state index in [0.29, 0.717) is 15.6 Å². The minimum absolute atomic E-state index is 0.266. The summed E-state index contributed by atoms with van der Waals surface area (Å²) in [5.74, 6) is -1.78. The molecule has 0 aliphatic carbocycles. The van der Waals surface area contributed by atoms with Crippen LogP contribution in [0.5, 0.6) is 0 Å². The lowest BCUT2D eigenvalue weighted by molar-refractivity contribution is -0.137. The van der Waals surface area contributed by atoms with E-state index in [9.17, 15) is 4.79 Å². The Bertz CT molecular complexity index is 426. The van der Waals surface area contributed by atoms with Gasteiger partial charge in [-0.15, -0.1) is 0 Å². The summed E-state index contributed by atoms with van der Waals surface area (Å²) in [4.78, 5) is 10.5. The molecule has 0 bridgehead atoms.